The van der Waals surface area contributed by atoms with Crippen molar-refractivity contribution in [2.24, 2.45) is 0 Å². The van der Waals surface area contributed by atoms with Crippen molar-refractivity contribution in [3.63, 3.8) is 0 Å². The van der Waals surface area contributed by atoms with Gasteiger partial charge in [0.25, 0.3) is 0 Å². The molecule has 4 aromatic rings. The van der Waals surface area contributed by atoms with Crippen molar-refractivity contribution in [1.29, 1.82) is 0 Å². The number of rotatable bonds is 11. The van der Waals surface area contributed by atoms with Crippen molar-refractivity contribution in [2.45, 2.75) is 40.3 Å². The van der Waals surface area contributed by atoms with Gasteiger partial charge in [-0.1, -0.05) is 35.9 Å². The SMILES string of the molecule is CCOc1ccccc1CNCC(O)COc1ccc2c(c1)c(C(C)=O)c(C)n2-c1ccc(C)cc1. The number of nitrogens with one attached hydrogen (secondary N) is 1. The molecule has 36 heavy (non-hydrogen) atoms. The van der Waals surface area contributed by atoms with Gasteiger partial charge in [0.1, 0.15) is 24.2 Å². The van der Waals surface area contributed by atoms with Gasteiger partial charge < -0.3 is 24.5 Å². The number of benzene rings is 3. The first kappa shape index (κ1) is 25.5. The van der Waals surface area contributed by atoms with Crippen molar-refractivity contribution < 1.29 is 19.4 Å². The van der Waals surface area contributed by atoms with E-state index in [0.717, 1.165) is 33.6 Å². The third kappa shape index (κ3) is 5.61. The highest BCUT2D eigenvalue weighted by atomic mass is 16.5. The molecule has 0 bridgehead atoms. The number of ether oxygens (including phenoxy) is 2. The lowest BCUT2D eigenvalue weighted by molar-refractivity contribution is 0.101. The molecule has 188 valence electrons. The average molecular weight is 487 g/mol. The minimum atomic E-state index is -0.689. The van der Waals surface area contributed by atoms with Crippen LogP contribution in [0.5, 0.6) is 11.5 Å². The Labute approximate surface area is 212 Å². The van der Waals surface area contributed by atoms with Crippen LogP contribution in [-0.4, -0.2) is 41.3 Å². The number of ketones is 1. The topological polar surface area (TPSA) is 72.7 Å². The normalized spacial score (nSPS) is 12.0. The molecule has 2 N–H and O–H groups in total. The van der Waals surface area contributed by atoms with Gasteiger partial charge in [0.2, 0.25) is 0 Å². The Morgan fingerprint density at radius 2 is 1.78 bits per heavy atom. The van der Waals surface area contributed by atoms with Crippen molar-refractivity contribution in [2.75, 3.05) is 19.8 Å². The quantitative estimate of drug-likeness (QED) is 0.279. The van der Waals surface area contributed by atoms with Gasteiger partial charge in [-0.15, -0.1) is 0 Å². The average Bonchev–Trinajstić information content (AvgIpc) is 3.15. The summed E-state index contributed by atoms with van der Waals surface area (Å²) in [4.78, 5) is 12.5. The van der Waals surface area contributed by atoms with Crippen molar-refractivity contribution in [3.05, 3.63) is 89.1 Å². The zero-order valence-electron chi connectivity index (χ0n) is 21.4. The molecule has 0 saturated carbocycles. The molecule has 3 aromatic carbocycles. The predicted octanol–water partition coefficient (Wildman–Crippen LogP) is 5.38. The summed E-state index contributed by atoms with van der Waals surface area (Å²) >= 11 is 0. The number of carbonyl (C=O) groups is 1. The highest BCUT2D eigenvalue weighted by molar-refractivity contribution is 6.09. The molecule has 0 saturated heterocycles. The van der Waals surface area contributed by atoms with Crippen molar-refractivity contribution in [3.8, 4) is 17.2 Å². The van der Waals surface area contributed by atoms with Crippen LogP contribution in [0.25, 0.3) is 16.6 Å². The number of para-hydroxylation sites is 1. The summed E-state index contributed by atoms with van der Waals surface area (Å²) < 4.78 is 13.7. The fraction of sp³-hybridized carbons (Fsp3) is 0.300. The Hall–Kier alpha value is -3.61. The van der Waals surface area contributed by atoms with Gasteiger partial charge in [-0.05, 0) is 64.1 Å². The van der Waals surface area contributed by atoms with Crippen molar-refractivity contribution >= 4 is 16.7 Å². The molecule has 1 atom stereocenters. The number of aryl methyl sites for hydroxylation is 1. The first-order chi connectivity index (χ1) is 17.4. The smallest absolute Gasteiger partial charge is 0.162 e. The van der Waals surface area contributed by atoms with E-state index in [1.807, 2.05) is 56.3 Å². The summed E-state index contributed by atoms with van der Waals surface area (Å²) in [5.74, 6) is 1.48. The van der Waals surface area contributed by atoms with Crippen LogP contribution in [0.15, 0.2) is 66.7 Å². The number of hydrogen-bond acceptors (Lipinski definition) is 5. The third-order valence-electron chi connectivity index (χ3n) is 6.23. The van der Waals surface area contributed by atoms with Gasteiger partial charge in [-0.2, -0.15) is 0 Å². The lowest BCUT2D eigenvalue weighted by Crippen LogP contribution is -2.31. The molecule has 1 heterocycles. The number of hydrogen-bond donors (Lipinski definition) is 2. The van der Waals surface area contributed by atoms with Gasteiger partial charge in [-0.25, -0.2) is 0 Å². The maximum Gasteiger partial charge on any atom is 0.162 e. The van der Waals surface area contributed by atoms with E-state index in [-0.39, 0.29) is 12.4 Å². The summed E-state index contributed by atoms with van der Waals surface area (Å²) in [5, 5.41) is 14.6. The van der Waals surface area contributed by atoms with Gasteiger partial charge >= 0.3 is 0 Å². The number of aliphatic hydroxyl groups is 1. The van der Waals surface area contributed by atoms with E-state index in [4.69, 9.17) is 9.47 Å². The summed E-state index contributed by atoms with van der Waals surface area (Å²) in [5.41, 5.74) is 5.77. The monoisotopic (exact) mass is 486 g/mol. The fourth-order valence-electron chi connectivity index (χ4n) is 4.53. The van der Waals surface area contributed by atoms with E-state index in [1.165, 1.54) is 5.56 Å². The van der Waals surface area contributed by atoms with Gasteiger partial charge in [-0.3, -0.25) is 4.79 Å². The number of Topliss-reactive ketones (excluding diaryl/α,β-unsaturated/α-hetero) is 1. The Morgan fingerprint density at radius 1 is 1.03 bits per heavy atom. The first-order valence-electron chi connectivity index (χ1n) is 12.3. The van der Waals surface area contributed by atoms with Crippen LogP contribution in [0.1, 0.15) is 41.0 Å². The standard InChI is InChI=1S/C30H34N2O4/c1-5-35-29-9-7-6-8-23(29)17-31-18-25(34)19-36-26-14-15-28-27(16-26)30(22(4)33)21(3)32(28)24-12-10-20(2)11-13-24/h6-16,25,31,34H,5,17-19H2,1-4H3. The van der Waals surface area contributed by atoms with Gasteiger partial charge in [0.15, 0.2) is 5.78 Å². The minimum Gasteiger partial charge on any atom is -0.494 e. The Balaban J connectivity index is 1.45. The van der Waals surface area contributed by atoms with Crippen LogP contribution < -0.4 is 14.8 Å². The molecule has 6 heteroatoms. The zero-order chi connectivity index (χ0) is 25.7. The number of aliphatic hydroxyl groups excluding tert-OH is 1. The summed E-state index contributed by atoms with van der Waals surface area (Å²) in [6, 6.07) is 21.9. The van der Waals surface area contributed by atoms with Crippen LogP contribution in [0.4, 0.5) is 0 Å². The highest BCUT2D eigenvalue weighted by Gasteiger charge is 2.19. The van der Waals surface area contributed by atoms with E-state index in [9.17, 15) is 9.90 Å². The van der Waals surface area contributed by atoms with Crippen LogP contribution in [0, 0.1) is 13.8 Å². The Kier molecular flexibility index (Phi) is 8.08. The Morgan fingerprint density at radius 3 is 2.50 bits per heavy atom. The summed E-state index contributed by atoms with van der Waals surface area (Å²) in [7, 11) is 0. The lowest BCUT2D eigenvalue weighted by atomic mass is 10.1. The van der Waals surface area contributed by atoms with Crippen LogP contribution in [0.3, 0.4) is 0 Å². The van der Waals surface area contributed by atoms with E-state index < -0.39 is 6.10 Å². The molecule has 0 spiro atoms. The molecule has 4 rings (SSSR count). The number of nitrogens with zero attached hydrogens (tertiary/aromatic N) is 1. The largest absolute Gasteiger partial charge is 0.494 e. The molecule has 0 amide bonds. The van der Waals surface area contributed by atoms with Gasteiger partial charge in [0.05, 0.1) is 12.1 Å². The molecule has 6 nitrogen and oxygen atoms in total. The second-order valence-electron chi connectivity index (χ2n) is 9.00. The molecule has 0 aliphatic heterocycles. The van der Waals surface area contributed by atoms with Gasteiger partial charge in [0, 0.05) is 41.0 Å². The van der Waals surface area contributed by atoms with Crippen LogP contribution in [0.2, 0.25) is 0 Å². The van der Waals surface area contributed by atoms with E-state index in [2.05, 4.69) is 41.1 Å². The second kappa shape index (κ2) is 11.4. The third-order valence-corrected chi connectivity index (χ3v) is 6.23. The summed E-state index contributed by atoms with van der Waals surface area (Å²) in [6.07, 6.45) is -0.689. The number of fused-ring (bicyclic) bond motifs is 1. The summed E-state index contributed by atoms with van der Waals surface area (Å²) in [6.45, 7) is 9.29. The maximum atomic E-state index is 12.5. The fourth-order valence-corrected chi connectivity index (χ4v) is 4.53. The number of aromatic nitrogens is 1. The second-order valence-corrected chi connectivity index (χ2v) is 9.00. The Bertz CT molecular complexity index is 1340. The molecule has 0 fully saturated rings. The molecular formula is C30H34N2O4. The molecular weight excluding hydrogens is 452 g/mol. The predicted molar refractivity (Wildman–Crippen MR) is 144 cm³/mol. The van der Waals surface area contributed by atoms with Crippen LogP contribution in [-0.2, 0) is 6.54 Å². The van der Waals surface area contributed by atoms with Crippen LogP contribution >= 0.6 is 0 Å². The van der Waals surface area contributed by atoms with Crippen molar-refractivity contribution in [1.82, 2.24) is 9.88 Å². The van der Waals surface area contributed by atoms with E-state index >= 15 is 0 Å². The minimum absolute atomic E-state index is 0.0112. The molecule has 1 aromatic heterocycles. The van der Waals surface area contributed by atoms with E-state index in [1.54, 1.807) is 6.92 Å². The molecule has 0 aliphatic rings. The highest BCUT2D eigenvalue weighted by Crippen LogP contribution is 2.32. The lowest BCUT2D eigenvalue weighted by Gasteiger charge is -2.15. The maximum absolute atomic E-state index is 12.5. The first-order valence-corrected chi connectivity index (χ1v) is 12.3. The number of carbonyl (C=O) groups excluding carboxylic acids is 1. The van der Waals surface area contributed by atoms with E-state index in [0.29, 0.717) is 31.0 Å². The molecule has 0 aliphatic carbocycles. The molecule has 0 radical (unpaired) electrons. The molecule has 1 unspecified atom stereocenters. The zero-order valence-corrected chi connectivity index (χ0v) is 21.4.